The van der Waals surface area contributed by atoms with E-state index in [1.165, 1.54) is 17.7 Å². The molecular formula is C19H17N5O3S. The van der Waals surface area contributed by atoms with Crippen LogP contribution in [0.25, 0.3) is 15.9 Å². The molecule has 4 aromatic rings. The molecule has 0 aliphatic heterocycles. The number of H-pyrrole nitrogens is 1. The lowest BCUT2D eigenvalue weighted by Crippen LogP contribution is -2.17. The van der Waals surface area contributed by atoms with Crippen LogP contribution in [0.15, 0.2) is 41.7 Å². The van der Waals surface area contributed by atoms with Crippen molar-refractivity contribution in [2.45, 2.75) is 26.9 Å². The Morgan fingerprint density at radius 3 is 2.68 bits per heavy atom. The SMILES string of the molecule is Cc1sc2nc([C@@H](C)OC(=O)c3ccc(-n4cncn4)cc3)[nH]c(=O)c2c1C. The van der Waals surface area contributed by atoms with Gasteiger partial charge in [-0.05, 0) is 50.6 Å². The van der Waals surface area contributed by atoms with Crippen LogP contribution in [0.3, 0.4) is 0 Å². The summed E-state index contributed by atoms with van der Waals surface area (Å²) >= 11 is 1.46. The first-order valence-corrected chi connectivity index (χ1v) is 9.41. The Morgan fingerprint density at radius 1 is 1.25 bits per heavy atom. The fourth-order valence-corrected chi connectivity index (χ4v) is 3.88. The molecule has 0 unspecified atom stereocenters. The van der Waals surface area contributed by atoms with Crippen LogP contribution in [-0.4, -0.2) is 30.7 Å². The second-order valence-corrected chi connectivity index (χ2v) is 7.55. The zero-order chi connectivity index (χ0) is 19.8. The van der Waals surface area contributed by atoms with Crippen LogP contribution in [0.5, 0.6) is 0 Å². The van der Waals surface area contributed by atoms with Crippen molar-refractivity contribution in [2.24, 2.45) is 0 Å². The summed E-state index contributed by atoms with van der Waals surface area (Å²) in [4.78, 5) is 37.7. The minimum absolute atomic E-state index is 0.220. The third kappa shape index (κ3) is 3.20. The number of ether oxygens (including phenoxy) is 1. The number of nitrogens with zero attached hydrogens (tertiary/aromatic N) is 4. The van der Waals surface area contributed by atoms with Crippen LogP contribution < -0.4 is 5.56 Å². The smallest absolute Gasteiger partial charge is 0.338 e. The molecule has 3 heterocycles. The fraction of sp³-hybridized carbons (Fsp3) is 0.211. The first-order valence-electron chi connectivity index (χ1n) is 8.60. The molecule has 0 saturated heterocycles. The van der Waals surface area contributed by atoms with E-state index in [9.17, 15) is 9.59 Å². The predicted molar refractivity (Wildman–Crippen MR) is 105 cm³/mol. The number of aryl methyl sites for hydroxylation is 2. The molecular weight excluding hydrogens is 378 g/mol. The van der Waals surface area contributed by atoms with E-state index in [1.807, 2.05) is 13.8 Å². The number of carbonyl (C=O) groups is 1. The molecule has 0 spiro atoms. The molecule has 1 N–H and O–H groups in total. The van der Waals surface area contributed by atoms with Gasteiger partial charge >= 0.3 is 5.97 Å². The van der Waals surface area contributed by atoms with Crippen molar-refractivity contribution >= 4 is 27.5 Å². The van der Waals surface area contributed by atoms with Gasteiger partial charge in [0.05, 0.1) is 16.6 Å². The number of rotatable bonds is 4. The molecule has 0 bridgehead atoms. The molecule has 0 aliphatic rings. The highest BCUT2D eigenvalue weighted by Gasteiger charge is 2.19. The van der Waals surface area contributed by atoms with Crippen molar-refractivity contribution in [3.63, 3.8) is 0 Å². The Morgan fingerprint density at radius 2 is 2.00 bits per heavy atom. The lowest BCUT2D eigenvalue weighted by molar-refractivity contribution is 0.0320. The number of aromatic amines is 1. The second-order valence-electron chi connectivity index (χ2n) is 6.35. The summed E-state index contributed by atoms with van der Waals surface area (Å²) in [6, 6.07) is 6.80. The molecule has 142 valence electrons. The minimum atomic E-state index is -0.692. The van der Waals surface area contributed by atoms with Gasteiger partial charge in [-0.3, -0.25) is 4.79 Å². The molecule has 0 amide bonds. The van der Waals surface area contributed by atoms with Crippen molar-refractivity contribution in [2.75, 3.05) is 0 Å². The predicted octanol–water partition coefficient (Wildman–Crippen LogP) is 3.10. The number of benzene rings is 1. The van der Waals surface area contributed by atoms with E-state index in [0.29, 0.717) is 21.6 Å². The van der Waals surface area contributed by atoms with Crippen LogP contribution in [-0.2, 0) is 4.74 Å². The average Bonchev–Trinajstić information content (AvgIpc) is 3.31. The monoisotopic (exact) mass is 395 g/mol. The maximum atomic E-state index is 12.5. The van der Waals surface area contributed by atoms with Crippen LogP contribution in [0, 0.1) is 13.8 Å². The Kier molecular flexibility index (Phi) is 4.52. The normalized spacial score (nSPS) is 12.2. The summed E-state index contributed by atoms with van der Waals surface area (Å²) in [6.45, 7) is 5.53. The molecule has 0 radical (unpaired) electrons. The summed E-state index contributed by atoms with van der Waals surface area (Å²) in [5.74, 6) is -0.176. The number of nitrogens with one attached hydrogen (secondary N) is 1. The largest absolute Gasteiger partial charge is 0.451 e. The first-order chi connectivity index (χ1) is 13.4. The van der Waals surface area contributed by atoms with E-state index < -0.39 is 12.1 Å². The fourth-order valence-electron chi connectivity index (χ4n) is 2.84. The third-order valence-corrected chi connectivity index (χ3v) is 5.61. The molecule has 1 aromatic carbocycles. The highest BCUT2D eigenvalue weighted by molar-refractivity contribution is 7.18. The van der Waals surface area contributed by atoms with Crippen molar-refractivity contribution in [1.29, 1.82) is 0 Å². The van der Waals surface area contributed by atoms with Crippen LogP contribution >= 0.6 is 11.3 Å². The minimum Gasteiger partial charge on any atom is -0.451 e. The topological polar surface area (TPSA) is 103 Å². The summed E-state index contributed by atoms with van der Waals surface area (Å²) in [5.41, 5.74) is 1.88. The van der Waals surface area contributed by atoms with Crippen molar-refractivity contribution < 1.29 is 9.53 Å². The number of thiophene rings is 1. The van der Waals surface area contributed by atoms with Gasteiger partial charge in [0.2, 0.25) is 0 Å². The molecule has 28 heavy (non-hydrogen) atoms. The van der Waals surface area contributed by atoms with Gasteiger partial charge in [0.25, 0.3) is 5.56 Å². The second kappa shape index (κ2) is 7.01. The zero-order valence-electron chi connectivity index (χ0n) is 15.5. The van der Waals surface area contributed by atoms with Crippen LogP contribution in [0.2, 0.25) is 0 Å². The van der Waals surface area contributed by atoms with Gasteiger partial charge in [0.1, 0.15) is 17.5 Å². The maximum Gasteiger partial charge on any atom is 0.338 e. The van der Waals surface area contributed by atoms with Crippen molar-refractivity contribution in [3.05, 3.63) is 69.1 Å². The lowest BCUT2D eigenvalue weighted by atomic mass is 10.2. The van der Waals surface area contributed by atoms with Gasteiger partial charge in [-0.15, -0.1) is 11.3 Å². The quantitative estimate of drug-likeness (QED) is 0.533. The molecule has 0 fully saturated rings. The van der Waals surface area contributed by atoms with Gasteiger partial charge in [-0.1, -0.05) is 0 Å². The number of fused-ring (bicyclic) bond motifs is 1. The molecule has 4 rings (SSSR count). The molecule has 1 atom stereocenters. The van der Waals surface area contributed by atoms with Crippen LogP contribution in [0.1, 0.15) is 39.7 Å². The first kappa shape index (κ1) is 18.1. The van der Waals surface area contributed by atoms with Crippen molar-refractivity contribution in [3.8, 4) is 5.69 Å². The van der Waals surface area contributed by atoms with E-state index in [0.717, 1.165) is 16.1 Å². The average molecular weight is 395 g/mol. The Balaban J connectivity index is 1.54. The maximum absolute atomic E-state index is 12.5. The number of hydrogen-bond acceptors (Lipinski definition) is 7. The number of esters is 1. The molecule has 3 aromatic heterocycles. The molecule has 8 nitrogen and oxygen atoms in total. The third-order valence-electron chi connectivity index (χ3n) is 4.51. The number of aromatic nitrogens is 5. The molecule has 0 aliphatic carbocycles. The Labute approximate surface area is 163 Å². The van der Waals surface area contributed by atoms with Gasteiger partial charge in [0.15, 0.2) is 11.9 Å². The number of hydrogen-bond donors (Lipinski definition) is 1. The zero-order valence-corrected chi connectivity index (χ0v) is 16.3. The highest BCUT2D eigenvalue weighted by Crippen LogP contribution is 2.27. The lowest BCUT2D eigenvalue weighted by Gasteiger charge is -2.13. The van der Waals surface area contributed by atoms with E-state index in [1.54, 1.807) is 42.2 Å². The molecule has 0 saturated carbocycles. The summed E-state index contributed by atoms with van der Waals surface area (Å²) in [7, 11) is 0. The van der Waals surface area contributed by atoms with Gasteiger partial charge in [-0.2, -0.15) is 5.10 Å². The van der Waals surface area contributed by atoms with E-state index >= 15 is 0 Å². The Bertz CT molecular complexity index is 1210. The van der Waals surface area contributed by atoms with E-state index in [2.05, 4.69) is 20.1 Å². The van der Waals surface area contributed by atoms with Crippen molar-refractivity contribution in [1.82, 2.24) is 24.7 Å². The standard InChI is InChI=1S/C19H17N5O3S/c1-10-12(3)28-18-15(10)17(25)22-16(23-18)11(2)27-19(26)13-4-6-14(7-5-13)24-9-20-8-21-24/h4-9,11H,1-3H3,(H,22,23,25)/t11-/m1/s1. The van der Waals surface area contributed by atoms with E-state index in [-0.39, 0.29) is 5.56 Å². The summed E-state index contributed by atoms with van der Waals surface area (Å²) < 4.78 is 7.08. The summed E-state index contributed by atoms with van der Waals surface area (Å²) in [5, 5.41) is 4.63. The Hall–Kier alpha value is -3.33. The van der Waals surface area contributed by atoms with Gasteiger partial charge in [-0.25, -0.2) is 19.4 Å². The molecule has 9 heteroatoms. The van der Waals surface area contributed by atoms with E-state index in [4.69, 9.17) is 4.74 Å². The highest BCUT2D eigenvalue weighted by atomic mass is 32.1. The van der Waals surface area contributed by atoms with Gasteiger partial charge < -0.3 is 9.72 Å². The van der Waals surface area contributed by atoms with Gasteiger partial charge in [0, 0.05) is 4.88 Å². The number of carbonyl (C=O) groups excluding carboxylic acids is 1. The van der Waals surface area contributed by atoms with Crippen LogP contribution in [0.4, 0.5) is 0 Å². The summed E-state index contributed by atoms with van der Waals surface area (Å²) in [6.07, 6.45) is 2.31.